The van der Waals surface area contributed by atoms with Crippen LogP contribution < -0.4 is 15.4 Å². The Bertz CT molecular complexity index is 831. The Morgan fingerprint density at radius 2 is 1.72 bits per heavy atom. The number of hydrogen-bond donors (Lipinski definition) is 2. The van der Waals surface area contributed by atoms with Gasteiger partial charge in [-0.25, -0.2) is 0 Å². The third-order valence-electron chi connectivity index (χ3n) is 5.04. The van der Waals surface area contributed by atoms with E-state index in [2.05, 4.69) is 26.6 Å². The van der Waals surface area contributed by atoms with E-state index in [4.69, 9.17) is 9.47 Å². The van der Waals surface area contributed by atoms with Crippen molar-refractivity contribution in [1.82, 2.24) is 5.32 Å². The van der Waals surface area contributed by atoms with Gasteiger partial charge in [-0.3, -0.25) is 9.59 Å². The molecule has 2 aromatic carbocycles. The number of anilines is 1. The van der Waals surface area contributed by atoms with Gasteiger partial charge in [-0.2, -0.15) is 0 Å². The second-order valence-electron chi connectivity index (χ2n) is 6.89. The van der Waals surface area contributed by atoms with Gasteiger partial charge in [0.25, 0.3) is 0 Å². The minimum Gasteiger partial charge on any atom is -0.494 e. The Morgan fingerprint density at radius 3 is 2.34 bits per heavy atom. The fourth-order valence-corrected chi connectivity index (χ4v) is 3.74. The fourth-order valence-electron chi connectivity index (χ4n) is 3.47. The van der Waals surface area contributed by atoms with Gasteiger partial charge in [0.05, 0.1) is 18.6 Å². The topological polar surface area (TPSA) is 76.7 Å². The molecule has 0 atom stereocenters. The number of benzene rings is 2. The van der Waals surface area contributed by atoms with Crippen molar-refractivity contribution >= 4 is 33.4 Å². The number of carbonyl (C=O) groups is 2. The molecule has 7 heteroatoms. The highest BCUT2D eigenvalue weighted by Gasteiger charge is 2.41. The molecule has 2 amide bonds. The van der Waals surface area contributed by atoms with Crippen LogP contribution in [0.15, 0.2) is 53.0 Å². The third kappa shape index (κ3) is 5.36. The van der Waals surface area contributed by atoms with E-state index in [1.165, 1.54) is 0 Å². The molecule has 1 fully saturated rings. The molecule has 0 aromatic heterocycles. The molecule has 0 bridgehead atoms. The maximum atomic E-state index is 13.1. The van der Waals surface area contributed by atoms with Gasteiger partial charge >= 0.3 is 0 Å². The lowest BCUT2D eigenvalue weighted by Crippen LogP contribution is -2.49. The van der Waals surface area contributed by atoms with Gasteiger partial charge in [-0.15, -0.1) is 0 Å². The number of amides is 2. The van der Waals surface area contributed by atoms with Crippen molar-refractivity contribution in [2.24, 2.45) is 0 Å². The van der Waals surface area contributed by atoms with Crippen LogP contribution in [0.5, 0.6) is 5.75 Å². The number of ether oxygens (including phenoxy) is 2. The predicted molar refractivity (Wildman–Crippen MR) is 115 cm³/mol. The average Bonchev–Trinajstić information content (AvgIpc) is 2.74. The summed E-state index contributed by atoms with van der Waals surface area (Å²) in [6, 6.07) is 14.9. The van der Waals surface area contributed by atoms with Gasteiger partial charge in [0, 0.05) is 23.4 Å². The maximum Gasteiger partial charge on any atom is 0.243 e. The molecule has 3 rings (SSSR count). The maximum absolute atomic E-state index is 13.1. The first-order valence-corrected chi connectivity index (χ1v) is 10.5. The van der Waals surface area contributed by atoms with Crippen molar-refractivity contribution in [3.63, 3.8) is 0 Å². The lowest BCUT2D eigenvalue weighted by atomic mass is 9.73. The van der Waals surface area contributed by atoms with E-state index in [0.717, 1.165) is 15.8 Å². The largest absolute Gasteiger partial charge is 0.494 e. The molecule has 29 heavy (non-hydrogen) atoms. The Kier molecular flexibility index (Phi) is 7.28. The van der Waals surface area contributed by atoms with Crippen LogP contribution >= 0.6 is 15.9 Å². The number of halogens is 1. The van der Waals surface area contributed by atoms with E-state index in [0.29, 0.717) is 38.3 Å². The zero-order valence-electron chi connectivity index (χ0n) is 16.4. The van der Waals surface area contributed by atoms with Gasteiger partial charge in [-0.1, -0.05) is 28.1 Å². The molecule has 2 N–H and O–H groups in total. The van der Waals surface area contributed by atoms with Crippen LogP contribution in [0.4, 0.5) is 5.69 Å². The second kappa shape index (κ2) is 9.89. The van der Waals surface area contributed by atoms with Crippen LogP contribution in [0.3, 0.4) is 0 Å². The van der Waals surface area contributed by atoms with Crippen LogP contribution in [0.25, 0.3) is 0 Å². The zero-order chi connectivity index (χ0) is 20.7. The van der Waals surface area contributed by atoms with E-state index in [9.17, 15) is 9.59 Å². The molecular weight excluding hydrogens is 436 g/mol. The first-order valence-electron chi connectivity index (χ1n) is 9.68. The summed E-state index contributed by atoms with van der Waals surface area (Å²) in [6.07, 6.45) is 1.17. The third-order valence-corrected chi connectivity index (χ3v) is 5.57. The Hall–Kier alpha value is -2.38. The SMILES string of the molecule is CCOc1ccc(NC(=O)CNC(=O)C2(c3ccc(Br)cc3)CCOCC2)cc1. The van der Waals surface area contributed by atoms with Gasteiger partial charge in [-0.05, 0) is 61.7 Å². The monoisotopic (exact) mass is 460 g/mol. The standard InChI is InChI=1S/C22H25BrN2O4/c1-2-29-19-9-7-18(8-10-19)25-20(26)15-24-21(27)22(11-13-28-14-12-22)16-3-5-17(23)6-4-16/h3-10H,2,11-15H2,1H3,(H,24,27)(H,25,26). The highest BCUT2D eigenvalue weighted by Crippen LogP contribution is 2.35. The molecule has 6 nitrogen and oxygen atoms in total. The molecule has 0 radical (unpaired) electrons. The molecule has 0 saturated carbocycles. The quantitative estimate of drug-likeness (QED) is 0.660. The van der Waals surface area contributed by atoms with E-state index in [1.54, 1.807) is 24.3 Å². The van der Waals surface area contributed by atoms with Crippen molar-refractivity contribution in [1.29, 1.82) is 0 Å². The van der Waals surface area contributed by atoms with Crippen LogP contribution in [0.1, 0.15) is 25.3 Å². The van der Waals surface area contributed by atoms with Crippen molar-refractivity contribution in [3.8, 4) is 5.75 Å². The van der Waals surface area contributed by atoms with E-state index in [1.807, 2.05) is 31.2 Å². The zero-order valence-corrected chi connectivity index (χ0v) is 18.0. The Morgan fingerprint density at radius 1 is 1.07 bits per heavy atom. The first-order chi connectivity index (χ1) is 14.0. The molecule has 2 aromatic rings. The molecule has 1 saturated heterocycles. The van der Waals surface area contributed by atoms with Gasteiger partial charge in [0.15, 0.2) is 0 Å². The normalized spacial score (nSPS) is 15.4. The average molecular weight is 461 g/mol. The van der Waals surface area contributed by atoms with Gasteiger partial charge in [0.2, 0.25) is 11.8 Å². The second-order valence-corrected chi connectivity index (χ2v) is 7.81. The Labute approximate surface area is 179 Å². The van der Waals surface area contributed by atoms with E-state index >= 15 is 0 Å². The summed E-state index contributed by atoms with van der Waals surface area (Å²) in [4.78, 5) is 25.4. The van der Waals surface area contributed by atoms with E-state index in [-0.39, 0.29) is 18.4 Å². The minimum absolute atomic E-state index is 0.0921. The summed E-state index contributed by atoms with van der Waals surface area (Å²) in [5.74, 6) is 0.320. The summed E-state index contributed by atoms with van der Waals surface area (Å²) in [5.41, 5.74) is 0.910. The van der Waals surface area contributed by atoms with Crippen molar-refractivity contribution in [3.05, 3.63) is 58.6 Å². The lowest BCUT2D eigenvalue weighted by molar-refractivity contribution is -0.132. The molecule has 1 aliphatic heterocycles. The van der Waals surface area contributed by atoms with Crippen LogP contribution in [-0.2, 0) is 19.7 Å². The number of carbonyl (C=O) groups excluding carboxylic acids is 2. The molecular formula is C22H25BrN2O4. The Balaban J connectivity index is 1.62. The summed E-state index contributed by atoms with van der Waals surface area (Å²) >= 11 is 3.43. The lowest BCUT2D eigenvalue weighted by Gasteiger charge is -2.36. The van der Waals surface area contributed by atoms with Gasteiger partial charge < -0.3 is 20.1 Å². The molecule has 1 aliphatic rings. The smallest absolute Gasteiger partial charge is 0.243 e. The van der Waals surface area contributed by atoms with Crippen molar-refractivity contribution in [2.75, 3.05) is 31.7 Å². The van der Waals surface area contributed by atoms with Gasteiger partial charge in [0.1, 0.15) is 5.75 Å². The van der Waals surface area contributed by atoms with Crippen molar-refractivity contribution in [2.45, 2.75) is 25.2 Å². The molecule has 0 spiro atoms. The molecule has 0 aliphatic carbocycles. The predicted octanol–water partition coefficient (Wildman–Crippen LogP) is 3.65. The van der Waals surface area contributed by atoms with E-state index < -0.39 is 5.41 Å². The minimum atomic E-state index is -0.682. The summed E-state index contributed by atoms with van der Waals surface area (Å²) < 4.78 is 11.8. The molecule has 0 unspecified atom stereocenters. The summed E-state index contributed by atoms with van der Waals surface area (Å²) in [6.45, 7) is 3.44. The number of nitrogens with one attached hydrogen (secondary N) is 2. The van der Waals surface area contributed by atoms with Crippen molar-refractivity contribution < 1.29 is 19.1 Å². The van der Waals surface area contributed by atoms with Crippen LogP contribution in [0.2, 0.25) is 0 Å². The molecule has 154 valence electrons. The number of rotatable bonds is 7. The van der Waals surface area contributed by atoms with Crippen LogP contribution in [0, 0.1) is 0 Å². The highest BCUT2D eigenvalue weighted by atomic mass is 79.9. The summed E-state index contributed by atoms with van der Waals surface area (Å²) in [7, 11) is 0. The van der Waals surface area contributed by atoms with Crippen LogP contribution in [-0.4, -0.2) is 38.2 Å². The summed E-state index contributed by atoms with van der Waals surface area (Å²) in [5, 5.41) is 5.60. The first kappa shape index (κ1) is 21.3. The number of hydrogen-bond acceptors (Lipinski definition) is 4. The fraction of sp³-hybridized carbons (Fsp3) is 0.364. The highest BCUT2D eigenvalue weighted by molar-refractivity contribution is 9.10. The molecule has 1 heterocycles.